The number of benzene rings is 1. The van der Waals surface area contributed by atoms with Crippen molar-refractivity contribution < 1.29 is 28.5 Å². The summed E-state index contributed by atoms with van der Waals surface area (Å²) in [5.74, 6) is -2.80. The predicted octanol–water partition coefficient (Wildman–Crippen LogP) is 3.01. The van der Waals surface area contributed by atoms with E-state index in [1.54, 1.807) is 0 Å². The van der Waals surface area contributed by atoms with Crippen molar-refractivity contribution >= 4 is 0 Å². The van der Waals surface area contributed by atoms with Gasteiger partial charge in [-0.15, -0.1) is 0 Å². The summed E-state index contributed by atoms with van der Waals surface area (Å²) in [5, 5.41) is 31.2. The number of aromatic hydroxyl groups is 3. The zero-order valence-corrected chi connectivity index (χ0v) is 11.3. The van der Waals surface area contributed by atoms with Crippen LogP contribution in [0.5, 0.6) is 17.2 Å². The van der Waals surface area contributed by atoms with E-state index >= 15 is 0 Å². The Morgan fingerprint density at radius 2 is 1.81 bits per heavy atom. The van der Waals surface area contributed by atoms with Gasteiger partial charge in [-0.05, 0) is 25.3 Å². The van der Waals surface area contributed by atoms with Gasteiger partial charge in [0.05, 0.1) is 5.92 Å². The second kappa shape index (κ2) is 6.01. The molecule has 21 heavy (non-hydrogen) atoms. The molecule has 0 heterocycles. The Morgan fingerprint density at radius 1 is 1.10 bits per heavy atom. The van der Waals surface area contributed by atoms with Crippen molar-refractivity contribution in [2.24, 2.45) is 5.92 Å². The molecule has 0 saturated heterocycles. The topological polar surface area (TPSA) is 72.7 Å². The maximum atomic E-state index is 12.7. The van der Waals surface area contributed by atoms with Gasteiger partial charge >= 0.3 is 6.18 Å². The van der Waals surface area contributed by atoms with Gasteiger partial charge in [-0.25, -0.2) is 0 Å². The van der Waals surface area contributed by atoms with E-state index in [0.717, 1.165) is 0 Å². The number of halogens is 3. The Hall–Kier alpha value is -1.63. The summed E-state index contributed by atoms with van der Waals surface area (Å²) in [4.78, 5) is 0. The minimum atomic E-state index is -4.17. The largest absolute Gasteiger partial charge is 0.504 e. The maximum Gasteiger partial charge on any atom is 0.391 e. The Kier molecular flexibility index (Phi) is 4.51. The molecule has 118 valence electrons. The lowest BCUT2D eigenvalue weighted by Crippen LogP contribution is -2.38. The molecule has 1 saturated carbocycles. The smallest absolute Gasteiger partial charge is 0.391 e. The zero-order chi connectivity index (χ0) is 15.6. The molecule has 0 spiro atoms. The van der Waals surface area contributed by atoms with E-state index in [0.29, 0.717) is 18.4 Å². The van der Waals surface area contributed by atoms with Crippen molar-refractivity contribution in [2.75, 3.05) is 0 Å². The molecule has 0 bridgehead atoms. The number of phenols is 3. The van der Waals surface area contributed by atoms with E-state index in [-0.39, 0.29) is 25.4 Å². The van der Waals surface area contributed by atoms with Gasteiger partial charge in [-0.2, -0.15) is 13.2 Å². The van der Waals surface area contributed by atoms with Crippen molar-refractivity contribution in [1.29, 1.82) is 0 Å². The van der Waals surface area contributed by atoms with E-state index in [4.69, 9.17) is 0 Å². The van der Waals surface area contributed by atoms with Gasteiger partial charge in [-0.1, -0.05) is 12.5 Å². The fourth-order valence-electron chi connectivity index (χ4n) is 2.68. The van der Waals surface area contributed by atoms with Gasteiger partial charge < -0.3 is 20.6 Å². The van der Waals surface area contributed by atoms with Crippen LogP contribution in [0.4, 0.5) is 13.2 Å². The molecule has 1 aliphatic rings. The summed E-state index contributed by atoms with van der Waals surface area (Å²) >= 11 is 0. The van der Waals surface area contributed by atoms with Crippen LogP contribution < -0.4 is 5.32 Å². The van der Waals surface area contributed by atoms with E-state index in [9.17, 15) is 28.5 Å². The zero-order valence-electron chi connectivity index (χ0n) is 11.3. The molecular formula is C14H18F3NO3. The highest BCUT2D eigenvalue weighted by Crippen LogP contribution is 2.39. The summed E-state index contributed by atoms with van der Waals surface area (Å²) in [5.41, 5.74) is 0.333. The standard InChI is InChI=1S/C14H18F3NO3/c15-14(16,17)9-2-1-3-10(6-9)18-7-8-4-5-11(19)13(21)12(8)20/h4-5,9-10,18-21H,1-3,6-7H2. The molecule has 1 aliphatic carbocycles. The fourth-order valence-corrected chi connectivity index (χ4v) is 2.68. The van der Waals surface area contributed by atoms with Crippen LogP contribution in [0.15, 0.2) is 12.1 Å². The lowest BCUT2D eigenvalue weighted by molar-refractivity contribution is -0.183. The minimum absolute atomic E-state index is 0.0222. The molecule has 1 fully saturated rings. The molecule has 4 N–H and O–H groups in total. The Bertz CT molecular complexity index is 505. The number of hydrogen-bond donors (Lipinski definition) is 4. The lowest BCUT2D eigenvalue weighted by atomic mass is 9.85. The molecule has 4 nitrogen and oxygen atoms in total. The Balaban J connectivity index is 1.96. The van der Waals surface area contributed by atoms with E-state index < -0.39 is 29.3 Å². The number of phenolic OH excluding ortho intramolecular Hbond substituents is 3. The molecule has 7 heteroatoms. The highest BCUT2D eigenvalue weighted by Gasteiger charge is 2.42. The lowest BCUT2D eigenvalue weighted by Gasteiger charge is -2.31. The third-order valence-electron chi connectivity index (χ3n) is 3.93. The molecule has 1 aromatic rings. The molecule has 2 unspecified atom stereocenters. The van der Waals surface area contributed by atoms with Crippen molar-refractivity contribution in [3.63, 3.8) is 0 Å². The third-order valence-corrected chi connectivity index (χ3v) is 3.93. The summed E-state index contributed by atoms with van der Waals surface area (Å²) in [6.45, 7) is 0.134. The normalized spacial score (nSPS) is 23.2. The number of rotatable bonds is 3. The van der Waals surface area contributed by atoms with Gasteiger partial charge in [0, 0.05) is 18.2 Å². The summed E-state index contributed by atoms with van der Waals surface area (Å²) in [6, 6.07) is 2.37. The number of nitrogens with one attached hydrogen (secondary N) is 1. The average Bonchev–Trinajstić information content (AvgIpc) is 2.43. The summed E-state index contributed by atoms with van der Waals surface area (Å²) in [7, 11) is 0. The first-order valence-corrected chi connectivity index (χ1v) is 6.82. The molecule has 0 radical (unpaired) electrons. The van der Waals surface area contributed by atoms with Crippen LogP contribution in [0.1, 0.15) is 31.2 Å². The van der Waals surface area contributed by atoms with Crippen LogP contribution in [0.3, 0.4) is 0 Å². The first-order valence-electron chi connectivity index (χ1n) is 6.82. The molecular weight excluding hydrogens is 287 g/mol. The second-order valence-corrected chi connectivity index (χ2v) is 5.42. The quantitative estimate of drug-likeness (QED) is 0.648. The van der Waals surface area contributed by atoms with Crippen molar-refractivity contribution in [2.45, 2.75) is 44.4 Å². The highest BCUT2D eigenvalue weighted by molar-refractivity contribution is 5.53. The van der Waals surface area contributed by atoms with E-state index in [2.05, 4.69) is 5.32 Å². The van der Waals surface area contributed by atoms with Crippen LogP contribution in [-0.4, -0.2) is 27.5 Å². The summed E-state index contributed by atoms with van der Waals surface area (Å²) < 4.78 is 38.1. The van der Waals surface area contributed by atoms with Crippen LogP contribution in [0, 0.1) is 5.92 Å². The predicted molar refractivity (Wildman–Crippen MR) is 70.1 cm³/mol. The molecule has 2 atom stereocenters. The van der Waals surface area contributed by atoms with Gasteiger partial charge in [0.15, 0.2) is 11.5 Å². The number of hydrogen-bond acceptors (Lipinski definition) is 4. The first-order chi connectivity index (χ1) is 9.79. The Morgan fingerprint density at radius 3 is 2.48 bits per heavy atom. The van der Waals surface area contributed by atoms with Crippen LogP contribution >= 0.6 is 0 Å². The minimum Gasteiger partial charge on any atom is -0.504 e. The monoisotopic (exact) mass is 305 g/mol. The van der Waals surface area contributed by atoms with Gasteiger partial charge in [0.1, 0.15) is 0 Å². The van der Waals surface area contributed by atoms with E-state index in [1.807, 2.05) is 0 Å². The fraction of sp³-hybridized carbons (Fsp3) is 0.571. The molecule has 0 aliphatic heterocycles. The van der Waals surface area contributed by atoms with Crippen LogP contribution in [-0.2, 0) is 6.54 Å². The molecule has 0 amide bonds. The second-order valence-electron chi connectivity index (χ2n) is 5.42. The van der Waals surface area contributed by atoms with Crippen molar-refractivity contribution in [3.8, 4) is 17.2 Å². The first kappa shape index (κ1) is 15.8. The van der Waals surface area contributed by atoms with Crippen molar-refractivity contribution in [3.05, 3.63) is 17.7 Å². The average molecular weight is 305 g/mol. The SMILES string of the molecule is Oc1ccc(CNC2CCCC(C(F)(F)F)C2)c(O)c1O. The highest BCUT2D eigenvalue weighted by atomic mass is 19.4. The molecule has 0 aromatic heterocycles. The molecule has 1 aromatic carbocycles. The van der Waals surface area contributed by atoms with E-state index in [1.165, 1.54) is 12.1 Å². The molecule has 2 rings (SSSR count). The van der Waals surface area contributed by atoms with Crippen LogP contribution in [0.2, 0.25) is 0 Å². The summed E-state index contributed by atoms with van der Waals surface area (Å²) in [6.07, 6.45) is -2.83. The third kappa shape index (κ3) is 3.72. The Labute approximate surface area is 120 Å². The van der Waals surface area contributed by atoms with Crippen molar-refractivity contribution in [1.82, 2.24) is 5.32 Å². The van der Waals surface area contributed by atoms with Gasteiger partial charge in [0.2, 0.25) is 5.75 Å². The number of alkyl halides is 3. The maximum absolute atomic E-state index is 12.7. The van der Waals surface area contributed by atoms with Gasteiger partial charge in [0.25, 0.3) is 0 Å². The van der Waals surface area contributed by atoms with Crippen LogP contribution in [0.25, 0.3) is 0 Å². The van der Waals surface area contributed by atoms with Gasteiger partial charge in [-0.3, -0.25) is 0 Å².